The molecular weight excluding hydrogens is 300 g/mol. The summed E-state index contributed by atoms with van der Waals surface area (Å²) >= 11 is 0. The van der Waals surface area contributed by atoms with Gasteiger partial charge in [0.2, 0.25) is 0 Å². The molecule has 5 heteroatoms. The van der Waals surface area contributed by atoms with Crippen LogP contribution >= 0.6 is 0 Å². The van der Waals surface area contributed by atoms with Gasteiger partial charge >= 0.3 is 0 Å². The van der Waals surface area contributed by atoms with Gasteiger partial charge in [-0.15, -0.1) is 0 Å². The molecule has 2 aromatic rings. The maximum atomic E-state index is 9.20. The molecule has 2 heterocycles. The number of rotatable bonds is 5. The zero-order valence-corrected chi connectivity index (χ0v) is 14.2. The number of aryl methyl sites for hydroxylation is 1. The first-order valence-electron chi connectivity index (χ1n) is 8.46. The van der Waals surface area contributed by atoms with Crippen LogP contribution in [0, 0.1) is 23.7 Å². The summed E-state index contributed by atoms with van der Waals surface area (Å²) < 4.78 is 7.61. The first-order valence-corrected chi connectivity index (χ1v) is 8.46. The lowest BCUT2D eigenvalue weighted by Crippen LogP contribution is -2.49. The third-order valence-electron chi connectivity index (χ3n) is 5.26. The lowest BCUT2D eigenvalue weighted by molar-refractivity contribution is 0.0846. The number of hydrogen-bond donors (Lipinski definition) is 0. The molecule has 0 bridgehead atoms. The smallest absolute Gasteiger partial charge is 0.129 e. The molecule has 4 rings (SSSR count). The zero-order chi connectivity index (χ0) is 16.7. The van der Waals surface area contributed by atoms with Gasteiger partial charge in [0.05, 0.1) is 30.8 Å². The van der Waals surface area contributed by atoms with Crippen molar-refractivity contribution in [1.29, 1.82) is 5.26 Å². The number of nitriles is 1. The van der Waals surface area contributed by atoms with Crippen molar-refractivity contribution in [3.63, 3.8) is 0 Å². The average Bonchev–Trinajstić information content (AvgIpc) is 3.17. The highest BCUT2D eigenvalue weighted by Gasteiger charge is 2.46. The Kier molecular flexibility index (Phi) is 3.58. The Morgan fingerprint density at radius 3 is 2.83 bits per heavy atom. The van der Waals surface area contributed by atoms with Gasteiger partial charge in [-0.1, -0.05) is 18.2 Å². The number of benzene rings is 1. The summed E-state index contributed by atoms with van der Waals surface area (Å²) in [7, 11) is 1.71. The van der Waals surface area contributed by atoms with E-state index in [1.54, 1.807) is 7.11 Å². The Hall–Kier alpha value is -2.32. The van der Waals surface area contributed by atoms with Crippen LogP contribution in [0.2, 0.25) is 0 Å². The molecule has 5 nitrogen and oxygen atoms in total. The Labute approximate surface area is 142 Å². The second-order valence-corrected chi connectivity index (χ2v) is 7.10. The molecule has 24 heavy (non-hydrogen) atoms. The van der Waals surface area contributed by atoms with Crippen LogP contribution in [-0.2, 0) is 0 Å². The highest BCUT2D eigenvalue weighted by Crippen LogP contribution is 2.46. The molecule has 0 amide bonds. The second-order valence-electron chi connectivity index (χ2n) is 7.10. The monoisotopic (exact) mass is 322 g/mol. The average molecular weight is 322 g/mol. The third-order valence-corrected chi connectivity index (χ3v) is 5.26. The van der Waals surface area contributed by atoms with Gasteiger partial charge in [-0.3, -0.25) is 9.58 Å². The number of hydrogen-bond acceptors (Lipinski definition) is 4. The molecule has 2 aliphatic rings. The molecule has 0 N–H and O–H groups in total. The van der Waals surface area contributed by atoms with Crippen LogP contribution in [0.1, 0.15) is 24.4 Å². The van der Waals surface area contributed by atoms with Gasteiger partial charge in [-0.25, -0.2) is 0 Å². The van der Waals surface area contributed by atoms with E-state index in [1.165, 1.54) is 0 Å². The molecule has 0 radical (unpaired) electrons. The first kappa shape index (κ1) is 15.2. The van der Waals surface area contributed by atoms with Gasteiger partial charge in [0.1, 0.15) is 5.75 Å². The van der Waals surface area contributed by atoms with Crippen LogP contribution < -0.4 is 4.74 Å². The normalized spacial score (nSPS) is 19.5. The van der Waals surface area contributed by atoms with E-state index in [4.69, 9.17) is 4.74 Å². The zero-order valence-electron chi connectivity index (χ0n) is 14.2. The molecule has 124 valence electrons. The van der Waals surface area contributed by atoms with Gasteiger partial charge < -0.3 is 4.74 Å². The highest BCUT2D eigenvalue weighted by molar-refractivity contribution is 5.71. The summed E-state index contributed by atoms with van der Waals surface area (Å²) in [4.78, 5) is 2.37. The van der Waals surface area contributed by atoms with Gasteiger partial charge in [0, 0.05) is 37.0 Å². The van der Waals surface area contributed by atoms with Crippen molar-refractivity contribution in [3.05, 3.63) is 36.2 Å². The van der Waals surface area contributed by atoms with Crippen LogP contribution in [-0.4, -0.2) is 41.4 Å². The van der Waals surface area contributed by atoms with Crippen LogP contribution in [0.5, 0.6) is 5.75 Å². The SMILES string of the molecule is COc1c(C)cccc1-c1cnn(C2CN(CC3(C#N)CC3)C2)c1. The summed E-state index contributed by atoms with van der Waals surface area (Å²) in [6.45, 7) is 4.93. The summed E-state index contributed by atoms with van der Waals surface area (Å²) in [5.41, 5.74) is 3.25. The third kappa shape index (κ3) is 2.57. The lowest BCUT2D eigenvalue weighted by atomic mass is 10.0. The summed E-state index contributed by atoms with van der Waals surface area (Å²) in [6, 6.07) is 9.05. The van der Waals surface area contributed by atoms with E-state index in [0.717, 1.165) is 54.9 Å². The number of para-hydroxylation sites is 1. The summed E-state index contributed by atoms with van der Waals surface area (Å²) in [5.74, 6) is 0.914. The van der Waals surface area contributed by atoms with E-state index in [9.17, 15) is 5.26 Å². The van der Waals surface area contributed by atoms with Crippen molar-refractivity contribution in [2.45, 2.75) is 25.8 Å². The number of likely N-dealkylation sites (tertiary alicyclic amines) is 1. The van der Waals surface area contributed by atoms with E-state index in [0.29, 0.717) is 6.04 Å². The molecule has 0 unspecified atom stereocenters. The van der Waals surface area contributed by atoms with Crippen molar-refractivity contribution in [2.75, 3.05) is 26.7 Å². The Morgan fingerprint density at radius 1 is 1.38 bits per heavy atom. The van der Waals surface area contributed by atoms with Crippen LogP contribution in [0.3, 0.4) is 0 Å². The predicted octanol–water partition coefficient (Wildman–Crippen LogP) is 3.03. The van der Waals surface area contributed by atoms with Gasteiger partial charge in [0.15, 0.2) is 0 Å². The van der Waals surface area contributed by atoms with E-state index < -0.39 is 0 Å². The van der Waals surface area contributed by atoms with E-state index >= 15 is 0 Å². The molecule has 1 saturated heterocycles. The Bertz CT molecular complexity index is 794. The van der Waals surface area contributed by atoms with E-state index in [1.807, 2.05) is 12.3 Å². The van der Waals surface area contributed by atoms with Crippen LogP contribution in [0.25, 0.3) is 11.1 Å². The van der Waals surface area contributed by atoms with Gasteiger partial charge in [-0.2, -0.15) is 10.4 Å². The van der Waals surface area contributed by atoms with Crippen LogP contribution in [0.15, 0.2) is 30.6 Å². The number of methoxy groups -OCH3 is 1. The lowest BCUT2D eigenvalue weighted by Gasteiger charge is -2.40. The van der Waals surface area contributed by atoms with Crippen molar-refractivity contribution >= 4 is 0 Å². The fourth-order valence-electron chi connectivity index (χ4n) is 3.55. The topological polar surface area (TPSA) is 54.1 Å². The van der Waals surface area contributed by atoms with Crippen molar-refractivity contribution < 1.29 is 4.74 Å². The molecule has 0 atom stereocenters. The second kappa shape index (κ2) is 5.64. The minimum atomic E-state index is -0.0464. The van der Waals surface area contributed by atoms with Gasteiger partial charge in [-0.05, 0) is 25.3 Å². The number of aromatic nitrogens is 2. The maximum Gasteiger partial charge on any atom is 0.129 e. The Balaban J connectivity index is 1.45. The van der Waals surface area contributed by atoms with Crippen molar-refractivity contribution in [3.8, 4) is 22.9 Å². The molecule has 0 spiro atoms. The molecule has 1 saturated carbocycles. The molecule has 1 aliphatic heterocycles. The molecule has 1 aromatic carbocycles. The fraction of sp³-hybridized carbons (Fsp3) is 0.474. The van der Waals surface area contributed by atoms with Crippen molar-refractivity contribution in [2.24, 2.45) is 5.41 Å². The molecule has 2 fully saturated rings. The fourth-order valence-corrected chi connectivity index (χ4v) is 3.55. The highest BCUT2D eigenvalue weighted by atomic mass is 16.5. The number of ether oxygens (including phenoxy) is 1. The quantitative estimate of drug-likeness (QED) is 0.849. The largest absolute Gasteiger partial charge is 0.496 e. The Morgan fingerprint density at radius 2 is 2.17 bits per heavy atom. The first-order chi connectivity index (χ1) is 11.6. The molecule has 1 aliphatic carbocycles. The summed E-state index contributed by atoms with van der Waals surface area (Å²) in [6.07, 6.45) is 6.14. The molecular formula is C19H22N4O. The van der Waals surface area contributed by atoms with E-state index in [2.05, 4.69) is 46.0 Å². The van der Waals surface area contributed by atoms with Crippen LogP contribution in [0.4, 0.5) is 0 Å². The minimum Gasteiger partial charge on any atom is -0.496 e. The van der Waals surface area contributed by atoms with Crippen molar-refractivity contribution in [1.82, 2.24) is 14.7 Å². The standard InChI is InChI=1S/C19H22N4O/c1-14-4-3-5-17(18(14)24-2)15-8-21-23(9-15)16-10-22(11-16)13-19(12-20)6-7-19/h3-5,8-9,16H,6-7,10-11,13H2,1-2H3. The summed E-state index contributed by atoms with van der Waals surface area (Å²) in [5, 5.41) is 13.8. The molecule has 1 aromatic heterocycles. The predicted molar refractivity (Wildman–Crippen MR) is 91.7 cm³/mol. The number of nitrogens with zero attached hydrogens (tertiary/aromatic N) is 4. The minimum absolute atomic E-state index is 0.0464. The van der Waals surface area contributed by atoms with E-state index in [-0.39, 0.29) is 5.41 Å². The maximum absolute atomic E-state index is 9.20. The van der Waals surface area contributed by atoms with Gasteiger partial charge in [0.25, 0.3) is 0 Å².